The third-order valence-corrected chi connectivity index (χ3v) is 2.56. The number of carbonyl (C=O) groups excluding carboxylic acids is 2. The highest BCUT2D eigenvalue weighted by molar-refractivity contribution is 5.83. The second-order valence-electron chi connectivity index (χ2n) is 5.19. The van der Waals surface area contributed by atoms with Crippen LogP contribution in [0.15, 0.2) is 0 Å². The van der Waals surface area contributed by atoms with Crippen molar-refractivity contribution in [1.29, 1.82) is 0 Å². The van der Waals surface area contributed by atoms with Crippen LogP contribution in [0.3, 0.4) is 0 Å². The molecule has 0 aliphatic carbocycles. The molecule has 0 aliphatic heterocycles. The number of amides is 1. The highest BCUT2D eigenvalue weighted by Gasteiger charge is 2.19. The van der Waals surface area contributed by atoms with E-state index in [0.29, 0.717) is 18.6 Å². The Morgan fingerprint density at radius 3 is 2.19 bits per heavy atom. The van der Waals surface area contributed by atoms with E-state index in [1.165, 1.54) is 0 Å². The maximum absolute atomic E-state index is 11.6. The summed E-state index contributed by atoms with van der Waals surface area (Å²) in [6.07, 6.45) is 4.10. The predicted molar refractivity (Wildman–Crippen MR) is 66.2 cm³/mol. The molecule has 0 heterocycles. The lowest BCUT2D eigenvalue weighted by atomic mass is 9.88. The smallest absolute Gasteiger partial charge is 0.219 e. The molecule has 0 aromatic carbocycles. The molecule has 0 spiro atoms. The van der Waals surface area contributed by atoms with Gasteiger partial charge in [0.2, 0.25) is 5.91 Å². The fourth-order valence-corrected chi connectivity index (χ4v) is 1.32. The van der Waals surface area contributed by atoms with Gasteiger partial charge in [0.1, 0.15) is 5.78 Å². The van der Waals surface area contributed by atoms with Gasteiger partial charge < -0.3 is 5.32 Å². The number of hydrogen-bond acceptors (Lipinski definition) is 2. The van der Waals surface area contributed by atoms with E-state index in [2.05, 4.69) is 5.32 Å². The lowest BCUT2D eigenvalue weighted by molar-refractivity contribution is -0.126. The molecule has 0 aliphatic rings. The Bertz CT molecular complexity index is 229. The van der Waals surface area contributed by atoms with Gasteiger partial charge in [-0.1, -0.05) is 34.1 Å². The molecule has 1 N–H and O–H groups in total. The lowest BCUT2D eigenvalue weighted by Crippen LogP contribution is -2.23. The van der Waals surface area contributed by atoms with Crippen molar-refractivity contribution in [2.24, 2.45) is 5.41 Å². The highest BCUT2D eigenvalue weighted by atomic mass is 16.1. The maximum Gasteiger partial charge on any atom is 0.219 e. The van der Waals surface area contributed by atoms with E-state index in [1.807, 2.05) is 27.7 Å². The van der Waals surface area contributed by atoms with E-state index in [0.717, 1.165) is 25.8 Å². The van der Waals surface area contributed by atoms with Crippen LogP contribution >= 0.6 is 0 Å². The number of carbonyl (C=O) groups is 2. The zero-order valence-corrected chi connectivity index (χ0v) is 11.1. The lowest BCUT2D eigenvalue weighted by Gasteiger charge is -2.16. The van der Waals surface area contributed by atoms with E-state index in [-0.39, 0.29) is 11.3 Å². The van der Waals surface area contributed by atoms with Crippen LogP contribution in [-0.2, 0) is 9.59 Å². The van der Waals surface area contributed by atoms with E-state index < -0.39 is 0 Å². The Morgan fingerprint density at radius 1 is 1.06 bits per heavy atom. The van der Waals surface area contributed by atoms with Crippen molar-refractivity contribution < 1.29 is 9.59 Å². The van der Waals surface area contributed by atoms with Crippen molar-refractivity contribution in [3.63, 3.8) is 0 Å². The van der Waals surface area contributed by atoms with Crippen LogP contribution in [-0.4, -0.2) is 18.2 Å². The van der Waals surface area contributed by atoms with Crippen molar-refractivity contribution in [3.8, 4) is 0 Å². The number of unbranched alkanes of at least 4 members (excludes halogenated alkanes) is 2. The Kier molecular flexibility index (Phi) is 7.02. The van der Waals surface area contributed by atoms with Crippen LogP contribution in [0.25, 0.3) is 0 Å². The zero-order chi connectivity index (χ0) is 12.6. The first-order valence-electron chi connectivity index (χ1n) is 6.18. The average Bonchev–Trinajstić information content (AvgIpc) is 2.20. The molecule has 0 radical (unpaired) electrons. The summed E-state index contributed by atoms with van der Waals surface area (Å²) in [5.74, 6) is 0.427. The van der Waals surface area contributed by atoms with Crippen LogP contribution in [0.5, 0.6) is 0 Å². The van der Waals surface area contributed by atoms with Crippen molar-refractivity contribution in [2.75, 3.05) is 6.54 Å². The van der Waals surface area contributed by atoms with Crippen LogP contribution < -0.4 is 5.32 Å². The Labute approximate surface area is 99.0 Å². The van der Waals surface area contributed by atoms with E-state index in [1.54, 1.807) is 0 Å². The zero-order valence-electron chi connectivity index (χ0n) is 11.1. The third kappa shape index (κ3) is 7.43. The summed E-state index contributed by atoms with van der Waals surface area (Å²) in [4.78, 5) is 22.5. The molecule has 16 heavy (non-hydrogen) atoms. The second-order valence-corrected chi connectivity index (χ2v) is 5.19. The quantitative estimate of drug-likeness (QED) is 0.680. The minimum Gasteiger partial charge on any atom is -0.356 e. The molecule has 0 saturated carbocycles. The van der Waals surface area contributed by atoms with Crippen molar-refractivity contribution in [3.05, 3.63) is 0 Å². The van der Waals surface area contributed by atoms with Crippen molar-refractivity contribution in [2.45, 2.75) is 59.8 Å². The van der Waals surface area contributed by atoms with Crippen LogP contribution in [0, 0.1) is 5.41 Å². The molecule has 3 nitrogen and oxygen atoms in total. The number of nitrogens with one attached hydrogen (secondary N) is 1. The summed E-state index contributed by atoms with van der Waals surface area (Å²) in [6, 6.07) is 0. The molecule has 1 amide bonds. The van der Waals surface area contributed by atoms with Crippen LogP contribution in [0.1, 0.15) is 59.8 Å². The monoisotopic (exact) mass is 227 g/mol. The first-order valence-corrected chi connectivity index (χ1v) is 6.18. The largest absolute Gasteiger partial charge is 0.356 e. The summed E-state index contributed by atoms with van der Waals surface area (Å²) in [5, 5.41) is 2.83. The number of rotatable bonds is 7. The number of hydrogen-bond donors (Lipinski definition) is 1. The Balaban J connectivity index is 3.41. The van der Waals surface area contributed by atoms with Gasteiger partial charge in [-0.3, -0.25) is 9.59 Å². The molecule has 0 saturated heterocycles. The minimum absolute atomic E-state index is 0.103. The molecule has 3 heteroatoms. The van der Waals surface area contributed by atoms with Gasteiger partial charge in [0.15, 0.2) is 0 Å². The van der Waals surface area contributed by atoms with Gasteiger partial charge in [0.05, 0.1) is 0 Å². The minimum atomic E-state index is -0.212. The molecule has 0 rings (SSSR count). The Morgan fingerprint density at radius 2 is 1.69 bits per heavy atom. The standard InChI is InChI=1S/C13H25NO2/c1-5-12(16)14-10-8-6-7-9-11(15)13(2,3)4/h5-10H2,1-4H3,(H,14,16). The highest BCUT2D eigenvalue weighted by Crippen LogP contribution is 2.18. The first-order chi connectivity index (χ1) is 7.38. The average molecular weight is 227 g/mol. The molecule has 0 atom stereocenters. The first kappa shape index (κ1) is 15.1. The summed E-state index contributed by atoms with van der Waals surface area (Å²) in [5.41, 5.74) is -0.212. The van der Waals surface area contributed by atoms with E-state index in [4.69, 9.17) is 0 Å². The Hall–Kier alpha value is -0.860. The number of Topliss-reactive ketones (excluding diaryl/α,β-unsaturated/α-hetero) is 1. The van der Waals surface area contributed by atoms with Gasteiger partial charge in [-0.2, -0.15) is 0 Å². The second kappa shape index (κ2) is 7.42. The molecule has 0 aromatic rings. The maximum atomic E-state index is 11.6. The fourth-order valence-electron chi connectivity index (χ4n) is 1.32. The van der Waals surface area contributed by atoms with Crippen LogP contribution in [0.2, 0.25) is 0 Å². The molecular weight excluding hydrogens is 202 g/mol. The van der Waals surface area contributed by atoms with Gasteiger partial charge in [-0.15, -0.1) is 0 Å². The van der Waals surface area contributed by atoms with Crippen molar-refractivity contribution in [1.82, 2.24) is 5.32 Å². The molecule has 0 unspecified atom stereocenters. The van der Waals surface area contributed by atoms with Crippen LogP contribution in [0.4, 0.5) is 0 Å². The molecular formula is C13H25NO2. The summed E-state index contributed by atoms with van der Waals surface area (Å²) in [7, 11) is 0. The van der Waals surface area contributed by atoms with Crippen molar-refractivity contribution >= 4 is 11.7 Å². The van der Waals surface area contributed by atoms with Gasteiger partial charge in [-0.25, -0.2) is 0 Å². The third-order valence-electron chi connectivity index (χ3n) is 2.56. The summed E-state index contributed by atoms with van der Waals surface area (Å²) in [6.45, 7) is 8.44. The predicted octanol–water partition coefficient (Wildman–Crippen LogP) is 2.69. The molecule has 0 bridgehead atoms. The van der Waals surface area contributed by atoms with Gasteiger partial charge in [0, 0.05) is 24.8 Å². The molecule has 94 valence electrons. The van der Waals surface area contributed by atoms with E-state index in [9.17, 15) is 9.59 Å². The molecule has 0 aromatic heterocycles. The fraction of sp³-hybridized carbons (Fsp3) is 0.846. The van der Waals surface area contributed by atoms with Gasteiger partial charge in [0.25, 0.3) is 0 Å². The normalized spacial score (nSPS) is 11.2. The summed E-state index contributed by atoms with van der Waals surface area (Å²) >= 11 is 0. The topological polar surface area (TPSA) is 46.2 Å². The summed E-state index contributed by atoms with van der Waals surface area (Å²) < 4.78 is 0. The van der Waals surface area contributed by atoms with Gasteiger partial charge in [-0.05, 0) is 12.8 Å². The number of ketones is 1. The van der Waals surface area contributed by atoms with E-state index >= 15 is 0 Å². The van der Waals surface area contributed by atoms with Gasteiger partial charge >= 0.3 is 0 Å². The molecule has 0 fully saturated rings. The SMILES string of the molecule is CCC(=O)NCCCCCC(=O)C(C)(C)C.